The standard InChI is InChI=1S/C33H39N3O5/c1-19-9-8-12-25(20(19)2)35-31(38)29-33-18-17-26(41-33)27(30(37)34-23-13-15-24(40-4)16-14-23)28(33)32(39)36(29)21(3)22-10-6-5-7-11-22/h5-7,10-11,13-21,25-29H,8-9,12H2,1-4H3,(H,34,37)(H,35,38)/t19-,20+,21+,25+,26-,27+,28-,29-,33-/m0/s1. The maximum absolute atomic E-state index is 14.4. The van der Waals surface area contributed by atoms with Crippen LogP contribution in [0.15, 0.2) is 66.7 Å². The molecule has 2 bridgehead atoms. The third kappa shape index (κ3) is 4.53. The minimum atomic E-state index is -1.21. The van der Waals surface area contributed by atoms with E-state index in [1.807, 2.05) is 49.4 Å². The summed E-state index contributed by atoms with van der Waals surface area (Å²) in [6, 6.07) is 15.5. The Kier molecular flexibility index (Phi) is 7.14. The Morgan fingerprint density at radius 2 is 1.78 bits per heavy atom. The van der Waals surface area contributed by atoms with Gasteiger partial charge in [-0.05, 0) is 55.0 Å². The Morgan fingerprint density at radius 1 is 1.05 bits per heavy atom. The van der Waals surface area contributed by atoms with Gasteiger partial charge >= 0.3 is 0 Å². The lowest BCUT2D eigenvalue weighted by atomic mass is 9.73. The fourth-order valence-electron chi connectivity index (χ4n) is 7.46. The second-order valence-corrected chi connectivity index (χ2v) is 12.1. The molecule has 216 valence electrons. The Balaban J connectivity index is 1.34. The van der Waals surface area contributed by atoms with Crippen molar-refractivity contribution in [2.24, 2.45) is 23.7 Å². The average molecular weight is 558 g/mol. The minimum absolute atomic E-state index is 0.0300. The first-order chi connectivity index (χ1) is 19.7. The zero-order valence-corrected chi connectivity index (χ0v) is 24.1. The largest absolute Gasteiger partial charge is 0.497 e. The smallest absolute Gasteiger partial charge is 0.246 e. The van der Waals surface area contributed by atoms with Gasteiger partial charge in [0.1, 0.15) is 17.4 Å². The Labute approximate surface area is 241 Å². The molecule has 2 N–H and O–H groups in total. The van der Waals surface area contributed by atoms with Crippen LogP contribution in [0.5, 0.6) is 5.75 Å². The molecule has 1 spiro atoms. The summed E-state index contributed by atoms with van der Waals surface area (Å²) in [6.45, 7) is 6.37. The van der Waals surface area contributed by atoms with Crippen molar-refractivity contribution < 1.29 is 23.9 Å². The van der Waals surface area contributed by atoms with Gasteiger partial charge in [0.15, 0.2) is 0 Å². The normalized spacial score (nSPS) is 34.3. The van der Waals surface area contributed by atoms with Gasteiger partial charge in [0.2, 0.25) is 17.7 Å². The number of hydrogen-bond donors (Lipinski definition) is 2. The average Bonchev–Trinajstić information content (AvgIpc) is 3.63. The first-order valence-corrected chi connectivity index (χ1v) is 14.7. The molecule has 3 amide bonds. The van der Waals surface area contributed by atoms with Crippen LogP contribution in [0.1, 0.15) is 51.6 Å². The molecule has 41 heavy (non-hydrogen) atoms. The fourth-order valence-corrected chi connectivity index (χ4v) is 7.46. The first-order valence-electron chi connectivity index (χ1n) is 14.7. The summed E-state index contributed by atoms with van der Waals surface area (Å²) in [5.41, 5.74) is 0.319. The second-order valence-electron chi connectivity index (χ2n) is 12.1. The molecule has 0 unspecified atom stereocenters. The van der Waals surface area contributed by atoms with Crippen LogP contribution in [0.3, 0.4) is 0 Å². The third-order valence-corrected chi connectivity index (χ3v) is 9.95. The molecule has 0 aromatic heterocycles. The summed E-state index contributed by atoms with van der Waals surface area (Å²) in [7, 11) is 1.59. The number of fused-ring (bicyclic) bond motifs is 1. The lowest BCUT2D eigenvalue weighted by Crippen LogP contribution is -2.58. The summed E-state index contributed by atoms with van der Waals surface area (Å²) < 4.78 is 11.8. The van der Waals surface area contributed by atoms with Crippen molar-refractivity contribution in [2.75, 3.05) is 12.4 Å². The highest BCUT2D eigenvalue weighted by Crippen LogP contribution is 2.56. The van der Waals surface area contributed by atoms with Crippen LogP contribution in [0.4, 0.5) is 5.69 Å². The monoisotopic (exact) mass is 557 g/mol. The van der Waals surface area contributed by atoms with E-state index in [0.717, 1.165) is 24.8 Å². The van der Waals surface area contributed by atoms with Crippen molar-refractivity contribution in [1.82, 2.24) is 10.2 Å². The number of hydrogen-bond acceptors (Lipinski definition) is 5. The highest BCUT2D eigenvalue weighted by molar-refractivity contribution is 6.03. The molecule has 0 radical (unpaired) electrons. The molecule has 3 aliphatic heterocycles. The van der Waals surface area contributed by atoms with E-state index < -0.39 is 29.6 Å². The number of rotatable bonds is 7. The molecule has 4 aliphatic rings. The molecule has 6 rings (SSSR count). The highest BCUT2D eigenvalue weighted by atomic mass is 16.5. The number of ether oxygens (including phenoxy) is 2. The summed E-state index contributed by atoms with van der Waals surface area (Å²) in [5.74, 6) is -0.782. The number of likely N-dealkylation sites (tertiary alicyclic amines) is 1. The van der Waals surface area contributed by atoms with Gasteiger partial charge in [0, 0.05) is 11.7 Å². The SMILES string of the molecule is COc1ccc(NC(=O)[C@@H]2[C@@H]3C=C[C@]4(O3)[C@@H]2C(=O)N([C@H](C)c2ccccc2)[C@H]4C(=O)N[C@@H]2CCC[C@H](C)[C@H]2C)cc1. The lowest BCUT2D eigenvalue weighted by Gasteiger charge is -2.39. The van der Waals surface area contributed by atoms with Crippen molar-refractivity contribution in [2.45, 2.75) is 69.9 Å². The van der Waals surface area contributed by atoms with Gasteiger partial charge in [-0.1, -0.05) is 69.2 Å². The van der Waals surface area contributed by atoms with Crippen molar-refractivity contribution in [3.05, 3.63) is 72.3 Å². The van der Waals surface area contributed by atoms with E-state index >= 15 is 0 Å². The van der Waals surface area contributed by atoms with Gasteiger partial charge in [0.05, 0.1) is 31.1 Å². The van der Waals surface area contributed by atoms with Crippen LogP contribution in [0.2, 0.25) is 0 Å². The number of nitrogens with zero attached hydrogens (tertiary/aromatic N) is 1. The first kappa shape index (κ1) is 27.5. The van der Waals surface area contributed by atoms with E-state index in [4.69, 9.17) is 9.47 Å². The molecule has 2 aromatic carbocycles. The van der Waals surface area contributed by atoms with Crippen molar-refractivity contribution in [1.29, 1.82) is 0 Å². The Bertz CT molecular complexity index is 1340. The molecule has 3 heterocycles. The van der Waals surface area contributed by atoms with Gasteiger partial charge in [-0.25, -0.2) is 0 Å². The van der Waals surface area contributed by atoms with Crippen molar-refractivity contribution >= 4 is 23.4 Å². The number of anilines is 1. The number of nitrogens with one attached hydrogen (secondary N) is 2. The van der Waals surface area contributed by atoms with E-state index in [1.54, 1.807) is 36.3 Å². The lowest BCUT2D eigenvalue weighted by molar-refractivity contribution is -0.144. The predicted molar refractivity (Wildman–Crippen MR) is 155 cm³/mol. The second kappa shape index (κ2) is 10.6. The summed E-state index contributed by atoms with van der Waals surface area (Å²) in [6.07, 6.45) is 6.26. The molecule has 1 aliphatic carbocycles. The number of methoxy groups -OCH3 is 1. The number of amides is 3. The van der Waals surface area contributed by atoms with Gasteiger partial charge in [-0.3, -0.25) is 14.4 Å². The summed E-state index contributed by atoms with van der Waals surface area (Å²) >= 11 is 0. The molecule has 3 fully saturated rings. The van der Waals surface area contributed by atoms with Crippen LogP contribution >= 0.6 is 0 Å². The van der Waals surface area contributed by atoms with Crippen molar-refractivity contribution in [3.8, 4) is 5.75 Å². The van der Waals surface area contributed by atoms with Crippen LogP contribution in [-0.2, 0) is 19.1 Å². The molecule has 8 nitrogen and oxygen atoms in total. The van der Waals surface area contributed by atoms with Crippen LogP contribution in [0, 0.1) is 23.7 Å². The van der Waals surface area contributed by atoms with Gasteiger partial charge < -0.3 is 25.0 Å². The maximum Gasteiger partial charge on any atom is 0.246 e. The molecule has 8 heteroatoms. The van der Waals surface area contributed by atoms with Crippen molar-refractivity contribution in [3.63, 3.8) is 0 Å². The molecule has 2 saturated heterocycles. The Hall–Kier alpha value is -3.65. The van der Waals surface area contributed by atoms with Gasteiger partial charge in [-0.15, -0.1) is 0 Å². The zero-order valence-electron chi connectivity index (χ0n) is 24.1. The third-order valence-electron chi connectivity index (χ3n) is 9.95. The van der Waals surface area contributed by atoms with E-state index in [0.29, 0.717) is 23.3 Å². The molecule has 1 saturated carbocycles. The quantitative estimate of drug-likeness (QED) is 0.489. The molecular formula is C33H39N3O5. The molecule has 9 atom stereocenters. The molecular weight excluding hydrogens is 518 g/mol. The zero-order chi connectivity index (χ0) is 28.9. The van der Waals surface area contributed by atoms with Gasteiger partial charge in [0.25, 0.3) is 0 Å². The van der Waals surface area contributed by atoms with Crippen LogP contribution in [-0.4, -0.2) is 53.5 Å². The Morgan fingerprint density at radius 3 is 2.49 bits per heavy atom. The summed E-state index contributed by atoms with van der Waals surface area (Å²) in [5, 5.41) is 6.29. The number of carbonyl (C=O) groups excluding carboxylic acids is 3. The predicted octanol–water partition coefficient (Wildman–Crippen LogP) is 4.49. The van der Waals surface area contributed by atoms with Crippen LogP contribution < -0.4 is 15.4 Å². The topological polar surface area (TPSA) is 97.0 Å². The van der Waals surface area contributed by atoms with E-state index in [9.17, 15) is 14.4 Å². The number of carbonyl (C=O) groups is 3. The summed E-state index contributed by atoms with van der Waals surface area (Å²) in [4.78, 5) is 44.1. The van der Waals surface area contributed by atoms with Gasteiger partial charge in [-0.2, -0.15) is 0 Å². The highest BCUT2D eigenvalue weighted by Gasteiger charge is 2.73. The minimum Gasteiger partial charge on any atom is -0.497 e. The van der Waals surface area contributed by atoms with Crippen LogP contribution in [0.25, 0.3) is 0 Å². The molecule has 2 aromatic rings. The fraction of sp³-hybridized carbons (Fsp3) is 0.485. The van der Waals surface area contributed by atoms with E-state index in [-0.39, 0.29) is 29.8 Å². The number of benzene rings is 2. The van der Waals surface area contributed by atoms with E-state index in [2.05, 4.69) is 24.5 Å². The maximum atomic E-state index is 14.4. The van der Waals surface area contributed by atoms with E-state index in [1.165, 1.54) is 0 Å².